The molecule has 6 heteroatoms. The van der Waals surface area contributed by atoms with Crippen LogP contribution in [0.15, 0.2) is 49.1 Å². The number of carbonyl (C=O) groups is 1. The number of hydrogen-bond donors (Lipinski definition) is 0. The highest BCUT2D eigenvalue weighted by molar-refractivity contribution is 5.94. The molecule has 1 saturated carbocycles. The zero-order valence-electron chi connectivity index (χ0n) is 13.2. The monoisotopic (exact) mass is 325 g/mol. The SMILES string of the molecule is O=C(c1cccnc1)N1CCO[C@H]2[C@H](Oc3cccnc3)CC[C@@H]21. The molecule has 0 N–H and O–H groups in total. The van der Waals surface area contributed by atoms with Gasteiger partial charge >= 0.3 is 0 Å². The number of carbonyl (C=O) groups excluding carboxylic acids is 1. The lowest BCUT2D eigenvalue weighted by atomic mass is 10.1. The van der Waals surface area contributed by atoms with Crippen LogP contribution in [0.1, 0.15) is 23.2 Å². The number of morpholine rings is 1. The van der Waals surface area contributed by atoms with Crippen LogP contribution in [0.2, 0.25) is 0 Å². The highest BCUT2D eigenvalue weighted by Gasteiger charge is 2.45. The third kappa shape index (κ3) is 2.85. The van der Waals surface area contributed by atoms with Gasteiger partial charge in [-0.1, -0.05) is 0 Å². The molecule has 3 heterocycles. The van der Waals surface area contributed by atoms with Crippen molar-refractivity contribution in [2.45, 2.75) is 31.1 Å². The second-order valence-corrected chi connectivity index (χ2v) is 6.07. The minimum atomic E-state index is -0.0976. The maximum absolute atomic E-state index is 12.8. The van der Waals surface area contributed by atoms with Crippen molar-refractivity contribution in [3.05, 3.63) is 54.6 Å². The van der Waals surface area contributed by atoms with Gasteiger partial charge in [0, 0.05) is 25.1 Å². The number of pyridine rings is 2. The number of amides is 1. The van der Waals surface area contributed by atoms with Gasteiger partial charge in [0.05, 0.1) is 24.4 Å². The molecule has 1 aliphatic heterocycles. The van der Waals surface area contributed by atoms with Crippen molar-refractivity contribution in [3.8, 4) is 5.75 Å². The molecule has 0 spiro atoms. The molecule has 1 aliphatic carbocycles. The molecular formula is C18H19N3O3. The predicted octanol–water partition coefficient (Wildman–Crippen LogP) is 1.93. The van der Waals surface area contributed by atoms with Crippen LogP contribution in [0.5, 0.6) is 5.75 Å². The molecular weight excluding hydrogens is 306 g/mol. The molecule has 24 heavy (non-hydrogen) atoms. The van der Waals surface area contributed by atoms with E-state index < -0.39 is 0 Å². The van der Waals surface area contributed by atoms with Crippen molar-refractivity contribution in [3.63, 3.8) is 0 Å². The summed E-state index contributed by atoms with van der Waals surface area (Å²) in [4.78, 5) is 22.8. The van der Waals surface area contributed by atoms with Crippen LogP contribution in [-0.2, 0) is 4.74 Å². The largest absolute Gasteiger partial charge is 0.486 e. The van der Waals surface area contributed by atoms with Gasteiger partial charge in [0.1, 0.15) is 18.0 Å². The molecule has 1 saturated heterocycles. The lowest BCUT2D eigenvalue weighted by Crippen LogP contribution is -2.54. The molecule has 1 amide bonds. The van der Waals surface area contributed by atoms with Crippen molar-refractivity contribution in [1.82, 2.24) is 14.9 Å². The molecule has 6 nitrogen and oxygen atoms in total. The van der Waals surface area contributed by atoms with Gasteiger partial charge < -0.3 is 14.4 Å². The first kappa shape index (κ1) is 15.1. The third-order valence-electron chi connectivity index (χ3n) is 4.63. The second kappa shape index (κ2) is 6.57. The topological polar surface area (TPSA) is 64.6 Å². The highest BCUT2D eigenvalue weighted by Crippen LogP contribution is 2.33. The van der Waals surface area contributed by atoms with E-state index in [4.69, 9.17) is 9.47 Å². The van der Waals surface area contributed by atoms with Gasteiger partial charge in [-0.05, 0) is 37.1 Å². The normalized spacial score (nSPS) is 26.0. The van der Waals surface area contributed by atoms with Crippen molar-refractivity contribution >= 4 is 5.91 Å². The molecule has 2 aromatic rings. The first-order valence-electron chi connectivity index (χ1n) is 8.22. The summed E-state index contributed by atoms with van der Waals surface area (Å²) in [5.74, 6) is 0.755. The van der Waals surface area contributed by atoms with E-state index in [9.17, 15) is 4.79 Å². The molecule has 2 aliphatic rings. The average Bonchev–Trinajstić information content (AvgIpc) is 3.06. The Kier molecular flexibility index (Phi) is 4.13. The Bertz CT molecular complexity index is 695. The lowest BCUT2D eigenvalue weighted by molar-refractivity contribution is -0.0786. The molecule has 2 fully saturated rings. The first-order valence-corrected chi connectivity index (χ1v) is 8.22. The fraction of sp³-hybridized carbons (Fsp3) is 0.389. The van der Waals surface area contributed by atoms with E-state index in [-0.39, 0.29) is 24.2 Å². The highest BCUT2D eigenvalue weighted by atomic mass is 16.5. The predicted molar refractivity (Wildman–Crippen MR) is 86.7 cm³/mol. The Morgan fingerprint density at radius 1 is 1.17 bits per heavy atom. The Balaban J connectivity index is 1.49. The first-order chi connectivity index (χ1) is 11.8. The number of fused-ring (bicyclic) bond motifs is 1. The van der Waals surface area contributed by atoms with E-state index in [0.717, 1.165) is 18.6 Å². The Labute approximate surface area is 140 Å². The minimum Gasteiger partial charge on any atom is -0.486 e. The van der Waals surface area contributed by atoms with Crippen LogP contribution >= 0.6 is 0 Å². The summed E-state index contributed by atoms with van der Waals surface area (Å²) in [6.45, 7) is 1.13. The number of rotatable bonds is 3. The van der Waals surface area contributed by atoms with E-state index >= 15 is 0 Å². The van der Waals surface area contributed by atoms with E-state index in [1.165, 1.54) is 0 Å². The average molecular weight is 325 g/mol. The fourth-order valence-corrected chi connectivity index (χ4v) is 3.54. The summed E-state index contributed by atoms with van der Waals surface area (Å²) in [7, 11) is 0. The second-order valence-electron chi connectivity index (χ2n) is 6.07. The summed E-state index contributed by atoms with van der Waals surface area (Å²) >= 11 is 0. The van der Waals surface area contributed by atoms with Gasteiger partial charge in [-0.2, -0.15) is 0 Å². The van der Waals surface area contributed by atoms with E-state index in [1.54, 1.807) is 36.9 Å². The smallest absolute Gasteiger partial charge is 0.255 e. The van der Waals surface area contributed by atoms with Crippen molar-refractivity contribution in [2.75, 3.05) is 13.2 Å². The molecule has 4 rings (SSSR count). The van der Waals surface area contributed by atoms with Crippen molar-refractivity contribution in [2.24, 2.45) is 0 Å². The Hall–Kier alpha value is -2.47. The molecule has 0 bridgehead atoms. The van der Waals surface area contributed by atoms with Crippen LogP contribution in [0.4, 0.5) is 0 Å². The summed E-state index contributed by atoms with van der Waals surface area (Å²) in [6.07, 6.45) is 8.30. The van der Waals surface area contributed by atoms with Gasteiger partial charge in [0.15, 0.2) is 0 Å². The van der Waals surface area contributed by atoms with Gasteiger partial charge in [-0.3, -0.25) is 14.8 Å². The van der Waals surface area contributed by atoms with Crippen molar-refractivity contribution in [1.29, 1.82) is 0 Å². The quantitative estimate of drug-likeness (QED) is 0.863. The van der Waals surface area contributed by atoms with Gasteiger partial charge in [0.2, 0.25) is 0 Å². The molecule has 0 radical (unpaired) electrons. The fourth-order valence-electron chi connectivity index (χ4n) is 3.54. The standard InChI is InChI=1S/C18H19N3O3/c22-18(13-3-1-7-19-11-13)21-9-10-23-17-15(21)5-6-16(17)24-14-4-2-8-20-12-14/h1-4,7-8,11-12,15-17H,5-6,9-10H2/t15-,16+,17+/m0/s1. The molecule has 124 valence electrons. The van der Waals surface area contributed by atoms with Gasteiger partial charge in [-0.15, -0.1) is 0 Å². The van der Waals surface area contributed by atoms with E-state index in [0.29, 0.717) is 18.7 Å². The maximum Gasteiger partial charge on any atom is 0.255 e. The van der Waals surface area contributed by atoms with Crippen LogP contribution < -0.4 is 4.74 Å². The van der Waals surface area contributed by atoms with Gasteiger partial charge in [-0.25, -0.2) is 0 Å². The van der Waals surface area contributed by atoms with Crippen LogP contribution in [0, 0.1) is 0 Å². The zero-order chi connectivity index (χ0) is 16.4. The summed E-state index contributed by atoms with van der Waals surface area (Å²) in [5, 5.41) is 0. The maximum atomic E-state index is 12.8. The summed E-state index contributed by atoms with van der Waals surface area (Å²) in [6, 6.07) is 7.38. The van der Waals surface area contributed by atoms with E-state index in [2.05, 4.69) is 9.97 Å². The minimum absolute atomic E-state index is 0.0171. The van der Waals surface area contributed by atoms with Crippen LogP contribution in [0.3, 0.4) is 0 Å². The molecule has 3 atom stereocenters. The Morgan fingerprint density at radius 2 is 2.00 bits per heavy atom. The Morgan fingerprint density at radius 3 is 2.75 bits per heavy atom. The number of nitrogens with zero attached hydrogens (tertiary/aromatic N) is 3. The van der Waals surface area contributed by atoms with Crippen LogP contribution in [0.25, 0.3) is 0 Å². The van der Waals surface area contributed by atoms with E-state index in [1.807, 2.05) is 17.0 Å². The molecule has 0 unspecified atom stereocenters. The summed E-state index contributed by atoms with van der Waals surface area (Å²) < 4.78 is 12.0. The van der Waals surface area contributed by atoms with Crippen molar-refractivity contribution < 1.29 is 14.3 Å². The summed E-state index contributed by atoms with van der Waals surface area (Å²) in [5.41, 5.74) is 0.620. The molecule has 2 aromatic heterocycles. The molecule has 0 aromatic carbocycles. The third-order valence-corrected chi connectivity index (χ3v) is 4.63. The number of hydrogen-bond acceptors (Lipinski definition) is 5. The van der Waals surface area contributed by atoms with Gasteiger partial charge in [0.25, 0.3) is 5.91 Å². The zero-order valence-corrected chi connectivity index (χ0v) is 13.2. The van der Waals surface area contributed by atoms with Crippen LogP contribution in [-0.4, -0.2) is 52.2 Å². The lowest BCUT2D eigenvalue weighted by Gasteiger charge is -2.39. The number of aromatic nitrogens is 2. The number of ether oxygens (including phenoxy) is 2.